The molecule has 0 spiro atoms. The van der Waals surface area contributed by atoms with Gasteiger partial charge in [0.25, 0.3) is 0 Å². The van der Waals surface area contributed by atoms with Gasteiger partial charge in [-0.15, -0.1) is 0 Å². The molecule has 1 aromatic carbocycles. The van der Waals surface area contributed by atoms with E-state index in [1.807, 2.05) is 32.0 Å². The quantitative estimate of drug-likeness (QED) is 0.907. The van der Waals surface area contributed by atoms with Crippen molar-refractivity contribution in [3.05, 3.63) is 30.3 Å². The van der Waals surface area contributed by atoms with Gasteiger partial charge in [-0.3, -0.25) is 4.79 Å². The van der Waals surface area contributed by atoms with Crippen LogP contribution in [0.5, 0.6) is 5.75 Å². The van der Waals surface area contributed by atoms with Crippen molar-refractivity contribution in [2.75, 3.05) is 13.1 Å². The maximum absolute atomic E-state index is 12.1. The zero-order valence-corrected chi connectivity index (χ0v) is 14.0. The van der Waals surface area contributed by atoms with Crippen LogP contribution < -0.4 is 10.1 Å². The number of hydrogen-bond acceptors (Lipinski definition) is 3. The summed E-state index contributed by atoms with van der Waals surface area (Å²) in [5.74, 6) is 0.790. The van der Waals surface area contributed by atoms with Gasteiger partial charge in [0.15, 0.2) is 0 Å². The molecule has 2 rings (SSSR count). The molecule has 1 fully saturated rings. The van der Waals surface area contributed by atoms with Crippen molar-refractivity contribution in [2.45, 2.75) is 45.6 Å². The van der Waals surface area contributed by atoms with Crippen LogP contribution in [0.1, 0.15) is 39.5 Å². The lowest BCUT2D eigenvalue weighted by Crippen LogP contribution is -2.48. The SMILES string of the molecule is CCC(CC)C(=O)NC1CCN(C(=O)Oc2ccccc2)CC1. The van der Waals surface area contributed by atoms with Gasteiger partial charge in [0, 0.05) is 25.0 Å². The van der Waals surface area contributed by atoms with Gasteiger partial charge >= 0.3 is 6.09 Å². The van der Waals surface area contributed by atoms with Crippen molar-refractivity contribution in [3.8, 4) is 5.75 Å². The minimum absolute atomic E-state index is 0.0936. The van der Waals surface area contributed by atoms with Crippen molar-refractivity contribution in [1.29, 1.82) is 0 Å². The Kier molecular flexibility index (Phi) is 6.44. The van der Waals surface area contributed by atoms with E-state index in [0.29, 0.717) is 18.8 Å². The summed E-state index contributed by atoms with van der Waals surface area (Å²) < 4.78 is 5.34. The molecule has 0 radical (unpaired) electrons. The fourth-order valence-electron chi connectivity index (χ4n) is 2.84. The topological polar surface area (TPSA) is 58.6 Å². The molecule has 0 aromatic heterocycles. The predicted molar refractivity (Wildman–Crippen MR) is 89.3 cm³/mol. The molecule has 2 amide bonds. The second kappa shape index (κ2) is 8.56. The number of piperidine rings is 1. The zero-order valence-electron chi connectivity index (χ0n) is 14.0. The van der Waals surface area contributed by atoms with Gasteiger partial charge in [-0.25, -0.2) is 4.79 Å². The Morgan fingerprint density at radius 2 is 1.78 bits per heavy atom. The van der Waals surface area contributed by atoms with E-state index < -0.39 is 0 Å². The highest BCUT2D eigenvalue weighted by molar-refractivity contribution is 5.79. The van der Waals surface area contributed by atoms with Gasteiger partial charge in [-0.2, -0.15) is 0 Å². The normalized spacial score (nSPS) is 15.5. The van der Waals surface area contributed by atoms with Crippen LogP contribution in [0.3, 0.4) is 0 Å². The number of benzene rings is 1. The van der Waals surface area contributed by atoms with Crippen LogP contribution >= 0.6 is 0 Å². The van der Waals surface area contributed by atoms with E-state index in [4.69, 9.17) is 4.74 Å². The monoisotopic (exact) mass is 318 g/mol. The Balaban J connectivity index is 1.77. The maximum Gasteiger partial charge on any atom is 0.415 e. The molecule has 0 atom stereocenters. The van der Waals surface area contributed by atoms with Crippen LogP contribution in [0.25, 0.3) is 0 Å². The molecule has 5 heteroatoms. The minimum atomic E-state index is -0.319. The fourth-order valence-corrected chi connectivity index (χ4v) is 2.84. The van der Waals surface area contributed by atoms with Crippen molar-refractivity contribution in [3.63, 3.8) is 0 Å². The maximum atomic E-state index is 12.1. The number of amides is 2. The van der Waals surface area contributed by atoms with E-state index in [1.54, 1.807) is 17.0 Å². The van der Waals surface area contributed by atoms with Gasteiger partial charge in [0.1, 0.15) is 5.75 Å². The van der Waals surface area contributed by atoms with Crippen LogP contribution in [0.2, 0.25) is 0 Å². The third kappa shape index (κ3) is 4.98. The number of nitrogens with one attached hydrogen (secondary N) is 1. The lowest BCUT2D eigenvalue weighted by atomic mass is 10.00. The zero-order chi connectivity index (χ0) is 16.7. The molecule has 1 aromatic rings. The van der Waals surface area contributed by atoms with E-state index in [0.717, 1.165) is 25.7 Å². The molecule has 0 bridgehead atoms. The number of ether oxygens (including phenoxy) is 1. The molecule has 1 N–H and O–H groups in total. The average molecular weight is 318 g/mol. The lowest BCUT2D eigenvalue weighted by Gasteiger charge is -2.32. The first kappa shape index (κ1) is 17.3. The van der Waals surface area contributed by atoms with E-state index in [2.05, 4.69) is 5.32 Å². The highest BCUT2D eigenvalue weighted by atomic mass is 16.6. The number of hydrogen-bond donors (Lipinski definition) is 1. The second-order valence-corrected chi connectivity index (χ2v) is 5.96. The molecule has 1 heterocycles. The van der Waals surface area contributed by atoms with Crippen molar-refractivity contribution < 1.29 is 14.3 Å². The standard InChI is InChI=1S/C18H26N2O3/c1-3-14(4-2)17(21)19-15-10-12-20(13-11-15)18(22)23-16-8-6-5-7-9-16/h5-9,14-15H,3-4,10-13H2,1-2H3,(H,19,21). The van der Waals surface area contributed by atoms with Crippen LogP contribution in [-0.2, 0) is 4.79 Å². The first-order valence-electron chi connectivity index (χ1n) is 8.46. The first-order valence-corrected chi connectivity index (χ1v) is 8.46. The molecule has 0 aliphatic carbocycles. The smallest absolute Gasteiger partial charge is 0.410 e. The number of likely N-dealkylation sites (tertiary alicyclic amines) is 1. The van der Waals surface area contributed by atoms with Gasteiger partial charge in [0.05, 0.1) is 0 Å². The summed E-state index contributed by atoms with van der Waals surface area (Å²) in [5.41, 5.74) is 0. The number of carbonyl (C=O) groups excluding carboxylic acids is 2. The van der Waals surface area contributed by atoms with E-state index in [1.165, 1.54) is 0 Å². The van der Waals surface area contributed by atoms with Crippen LogP contribution in [0, 0.1) is 5.92 Å². The third-order valence-corrected chi connectivity index (χ3v) is 4.40. The lowest BCUT2D eigenvalue weighted by molar-refractivity contribution is -0.126. The Hall–Kier alpha value is -2.04. The summed E-state index contributed by atoms with van der Waals surface area (Å²) in [5, 5.41) is 3.11. The van der Waals surface area contributed by atoms with E-state index in [9.17, 15) is 9.59 Å². The first-order chi connectivity index (χ1) is 11.1. The number of carbonyl (C=O) groups is 2. The summed E-state index contributed by atoms with van der Waals surface area (Å²) in [6.45, 7) is 5.30. The Labute approximate surface area is 138 Å². The summed E-state index contributed by atoms with van der Waals surface area (Å²) >= 11 is 0. The van der Waals surface area contributed by atoms with Crippen molar-refractivity contribution >= 4 is 12.0 Å². The molecule has 23 heavy (non-hydrogen) atoms. The van der Waals surface area contributed by atoms with Crippen LogP contribution in [-0.4, -0.2) is 36.0 Å². The van der Waals surface area contributed by atoms with Gasteiger partial charge in [-0.1, -0.05) is 32.0 Å². The van der Waals surface area contributed by atoms with Gasteiger partial charge < -0.3 is 15.0 Å². The van der Waals surface area contributed by atoms with E-state index in [-0.39, 0.29) is 24.0 Å². The molecule has 0 unspecified atom stereocenters. The van der Waals surface area contributed by atoms with Crippen molar-refractivity contribution in [2.24, 2.45) is 5.92 Å². The molecular formula is C18H26N2O3. The van der Waals surface area contributed by atoms with E-state index >= 15 is 0 Å². The number of nitrogens with zero attached hydrogens (tertiary/aromatic N) is 1. The highest BCUT2D eigenvalue weighted by Gasteiger charge is 2.26. The molecule has 5 nitrogen and oxygen atoms in total. The van der Waals surface area contributed by atoms with Crippen molar-refractivity contribution in [1.82, 2.24) is 10.2 Å². The summed E-state index contributed by atoms with van der Waals surface area (Å²) in [7, 11) is 0. The Morgan fingerprint density at radius 3 is 2.35 bits per heavy atom. The summed E-state index contributed by atoms with van der Waals surface area (Å²) in [6, 6.07) is 9.24. The molecule has 1 aliphatic heterocycles. The fraction of sp³-hybridized carbons (Fsp3) is 0.556. The number of para-hydroxylation sites is 1. The van der Waals surface area contributed by atoms with Crippen LogP contribution in [0.4, 0.5) is 4.79 Å². The van der Waals surface area contributed by atoms with Crippen LogP contribution in [0.15, 0.2) is 30.3 Å². The molecule has 126 valence electrons. The minimum Gasteiger partial charge on any atom is -0.410 e. The Morgan fingerprint density at radius 1 is 1.17 bits per heavy atom. The molecule has 0 saturated carbocycles. The molecule has 1 aliphatic rings. The van der Waals surface area contributed by atoms with Gasteiger partial charge in [0.2, 0.25) is 5.91 Å². The predicted octanol–water partition coefficient (Wildman–Crippen LogP) is 3.20. The van der Waals surface area contributed by atoms with Gasteiger partial charge in [-0.05, 0) is 37.8 Å². The summed E-state index contributed by atoms with van der Waals surface area (Å²) in [4.78, 5) is 25.9. The molecular weight excluding hydrogens is 292 g/mol. The summed E-state index contributed by atoms with van der Waals surface area (Å²) in [6.07, 6.45) is 2.96. The number of rotatable bonds is 5. The highest BCUT2D eigenvalue weighted by Crippen LogP contribution is 2.16. The average Bonchev–Trinajstić information content (AvgIpc) is 2.57. The Bertz CT molecular complexity index is 506. The third-order valence-electron chi connectivity index (χ3n) is 4.40. The molecule has 1 saturated heterocycles. The second-order valence-electron chi connectivity index (χ2n) is 5.96. The largest absolute Gasteiger partial charge is 0.415 e.